The van der Waals surface area contributed by atoms with E-state index >= 15 is 0 Å². The van der Waals surface area contributed by atoms with Gasteiger partial charge in [0.2, 0.25) is 17.7 Å². The molecule has 0 saturated heterocycles. The number of amides is 1. The van der Waals surface area contributed by atoms with Gasteiger partial charge in [-0.2, -0.15) is 11.3 Å². The van der Waals surface area contributed by atoms with E-state index < -0.39 is 0 Å². The number of thiophene rings is 1. The molecular formula is C23H21N3O3S. The Morgan fingerprint density at radius 2 is 1.87 bits per heavy atom. The number of methoxy groups -OCH3 is 1. The predicted octanol–water partition coefficient (Wildman–Crippen LogP) is 4.97. The first kappa shape index (κ1) is 19.8. The summed E-state index contributed by atoms with van der Waals surface area (Å²) in [6.07, 6.45) is 0.654. The average molecular weight is 420 g/mol. The molecule has 6 nitrogen and oxygen atoms in total. The SMILES string of the molecule is COc1ccc(N(Cc2ccccc2)C(=O)CCc2nnc(-c3ccsc3)o2)cc1. The van der Waals surface area contributed by atoms with Crippen molar-refractivity contribution in [2.24, 2.45) is 0 Å². The van der Waals surface area contributed by atoms with Gasteiger partial charge in [-0.05, 0) is 41.3 Å². The molecule has 0 N–H and O–H groups in total. The Morgan fingerprint density at radius 3 is 2.57 bits per heavy atom. The van der Waals surface area contributed by atoms with Gasteiger partial charge in [0, 0.05) is 29.5 Å². The third-order valence-electron chi connectivity index (χ3n) is 4.66. The summed E-state index contributed by atoms with van der Waals surface area (Å²) in [5.41, 5.74) is 2.77. The molecule has 1 amide bonds. The number of ether oxygens (including phenoxy) is 1. The summed E-state index contributed by atoms with van der Waals surface area (Å²) in [6, 6.07) is 19.3. The van der Waals surface area contributed by atoms with Crippen LogP contribution >= 0.6 is 11.3 Å². The highest BCUT2D eigenvalue weighted by Gasteiger charge is 2.18. The number of carbonyl (C=O) groups is 1. The second kappa shape index (κ2) is 9.37. The van der Waals surface area contributed by atoms with Crippen molar-refractivity contribution in [1.82, 2.24) is 10.2 Å². The lowest BCUT2D eigenvalue weighted by Gasteiger charge is -2.23. The molecule has 0 saturated carbocycles. The van der Waals surface area contributed by atoms with E-state index in [1.807, 2.05) is 71.4 Å². The molecule has 0 radical (unpaired) electrons. The third kappa shape index (κ3) is 4.75. The number of carbonyl (C=O) groups excluding carboxylic acids is 1. The van der Waals surface area contributed by atoms with Crippen LogP contribution in [0, 0.1) is 0 Å². The van der Waals surface area contributed by atoms with Crippen LogP contribution in [0.25, 0.3) is 11.5 Å². The lowest BCUT2D eigenvalue weighted by Crippen LogP contribution is -2.30. The monoisotopic (exact) mass is 419 g/mol. The summed E-state index contributed by atoms with van der Waals surface area (Å²) >= 11 is 1.57. The molecule has 2 aromatic heterocycles. The maximum atomic E-state index is 13.1. The van der Waals surface area contributed by atoms with Gasteiger partial charge in [-0.15, -0.1) is 10.2 Å². The van der Waals surface area contributed by atoms with E-state index in [1.165, 1.54) is 0 Å². The van der Waals surface area contributed by atoms with E-state index in [1.54, 1.807) is 23.3 Å². The van der Waals surface area contributed by atoms with Gasteiger partial charge in [0.15, 0.2) is 0 Å². The van der Waals surface area contributed by atoms with Gasteiger partial charge in [0.05, 0.1) is 13.7 Å². The highest BCUT2D eigenvalue weighted by atomic mass is 32.1. The zero-order valence-corrected chi connectivity index (χ0v) is 17.3. The Balaban J connectivity index is 1.48. The first-order chi connectivity index (χ1) is 14.7. The first-order valence-electron chi connectivity index (χ1n) is 9.56. The van der Waals surface area contributed by atoms with Crippen molar-refractivity contribution in [1.29, 1.82) is 0 Å². The van der Waals surface area contributed by atoms with Gasteiger partial charge in [-0.25, -0.2) is 0 Å². The van der Waals surface area contributed by atoms with Crippen LogP contribution in [0.2, 0.25) is 0 Å². The van der Waals surface area contributed by atoms with Crippen molar-refractivity contribution in [3.8, 4) is 17.2 Å². The summed E-state index contributed by atoms with van der Waals surface area (Å²) in [4.78, 5) is 14.9. The number of benzene rings is 2. The number of aryl methyl sites for hydroxylation is 1. The largest absolute Gasteiger partial charge is 0.497 e. The molecule has 0 unspecified atom stereocenters. The minimum atomic E-state index is -0.0145. The lowest BCUT2D eigenvalue weighted by molar-refractivity contribution is -0.118. The lowest BCUT2D eigenvalue weighted by atomic mass is 10.1. The standard InChI is InChI=1S/C23H21N3O3S/c1-28-20-9-7-19(8-10-20)26(15-17-5-3-2-4-6-17)22(27)12-11-21-24-25-23(29-21)18-13-14-30-16-18/h2-10,13-14,16H,11-12,15H2,1H3. The normalized spacial score (nSPS) is 10.7. The second-order valence-corrected chi connectivity index (χ2v) is 7.46. The predicted molar refractivity (Wildman–Crippen MR) is 117 cm³/mol. The molecule has 152 valence electrons. The Hall–Kier alpha value is -3.45. The molecule has 0 fully saturated rings. The minimum Gasteiger partial charge on any atom is -0.497 e. The molecule has 0 spiro atoms. The zero-order valence-electron chi connectivity index (χ0n) is 16.5. The Kier molecular flexibility index (Phi) is 6.20. The molecule has 2 aromatic carbocycles. The van der Waals surface area contributed by atoms with Crippen molar-refractivity contribution < 1.29 is 13.9 Å². The molecular weight excluding hydrogens is 398 g/mol. The van der Waals surface area contributed by atoms with Gasteiger partial charge in [0.25, 0.3) is 0 Å². The van der Waals surface area contributed by atoms with Gasteiger partial charge >= 0.3 is 0 Å². The Morgan fingerprint density at radius 1 is 1.07 bits per heavy atom. The van der Waals surface area contributed by atoms with E-state index in [9.17, 15) is 4.79 Å². The van der Waals surface area contributed by atoms with Gasteiger partial charge in [-0.1, -0.05) is 30.3 Å². The van der Waals surface area contributed by atoms with E-state index in [4.69, 9.17) is 9.15 Å². The number of anilines is 1. The summed E-state index contributed by atoms with van der Waals surface area (Å²) in [7, 11) is 1.62. The van der Waals surface area contributed by atoms with Gasteiger partial charge in [-0.3, -0.25) is 4.79 Å². The van der Waals surface area contributed by atoms with Gasteiger partial charge in [0.1, 0.15) is 5.75 Å². The first-order valence-corrected chi connectivity index (χ1v) is 10.5. The summed E-state index contributed by atoms with van der Waals surface area (Å²) in [6.45, 7) is 0.482. The van der Waals surface area contributed by atoms with E-state index in [-0.39, 0.29) is 12.3 Å². The highest BCUT2D eigenvalue weighted by Crippen LogP contribution is 2.24. The van der Waals surface area contributed by atoms with Crippen molar-refractivity contribution >= 4 is 22.9 Å². The van der Waals surface area contributed by atoms with Crippen LogP contribution in [-0.2, 0) is 17.8 Å². The average Bonchev–Trinajstić information content (AvgIpc) is 3.49. The van der Waals surface area contributed by atoms with E-state index in [2.05, 4.69) is 10.2 Å². The van der Waals surface area contributed by atoms with Crippen molar-refractivity contribution in [3.63, 3.8) is 0 Å². The van der Waals surface area contributed by atoms with Crippen LogP contribution in [0.5, 0.6) is 5.75 Å². The smallest absolute Gasteiger partial charge is 0.248 e. The maximum Gasteiger partial charge on any atom is 0.248 e. The van der Waals surface area contributed by atoms with Crippen LogP contribution in [0.4, 0.5) is 5.69 Å². The minimum absolute atomic E-state index is 0.0145. The molecule has 0 aliphatic carbocycles. The fraction of sp³-hybridized carbons (Fsp3) is 0.174. The topological polar surface area (TPSA) is 68.5 Å². The summed E-state index contributed by atoms with van der Waals surface area (Å²) in [5, 5.41) is 12.1. The van der Waals surface area contributed by atoms with Crippen LogP contribution in [0.1, 0.15) is 17.9 Å². The molecule has 4 aromatic rings. The molecule has 2 heterocycles. The summed E-state index contributed by atoms with van der Waals surface area (Å²) in [5.74, 6) is 1.67. The van der Waals surface area contributed by atoms with Gasteiger partial charge < -0.3 is 14.1 Å². The number of hydrogen-bond donors (Lipinski definition) is 0. The number of rotatable bonds is 8. The Labute approximate surface area is 178 Å². The number of hydrogen-bond acceptors (Lipinski definition) is 6. The van der Waals surface area contributed by atoms with Crippen LogP contribution < -0.4 is 9.64 Å². The molecule has 0 aliphatic heterocycles. The van der Waals surface area contributed by atoms with Crippen molar-refractivity contribution in [3.05, 3.63) is 82.9 Å². The fourth-order valence-electron chi connectivity index (χ4n) is 3.06. The van der Waals surface area contributed by atoms with E-state index in [0.717, 1.165) is 22.6 Å². The quantitative estimate of drug-likeness (QED) is 0.403. The molecule has 30 heavy (non-hydrogen) atoms. The molecule has 7 heteroatoms. The zero-order chi connectivity index (χ0) is 20.8. The number of nitrogens with zero attached hydrogens (tertiary/aromatic N) is 3. The maximum absolute atomic E-state index is 13.1. The fourth-order valence-corrected chi connectivity index (χ4v) is 3.69. The summed E-state index contributed by atoms with van der Waals surface area (Å²) < 4.78 is 10.9. The van der Waals surface area contributed by atoms with Crippen LogP contribution in [-0.4, -0.2) is 23.2 Å². The molecule has 0 aliphatic rings. The third-order valence-corrected chi connectivity index (χ3v) is 5.34. The second-order valence-electron chi connectivity index (χ2n) is 6.68. The Bertz CT molecular complexity index is 1080. The molecule has 0 bridgehead atoms. The number of aromatic nitrogens is 2. The highest BCUT2D eigenvalue weighted by molar-refractivity contribution is 7.08. The molecule has 0 atom stereocenters. The van der Waals surface area contributed by atoms with Crippen molar-refractivity contribution in [2.75, 3.05) is 12.0 Å². The van der Waals surface area contributed by atoms with Crippen molar-refractivity contribution in [2.45, 2.75) is 19.4 Å². The van der Waals surface area contributed by atoms with Crippen LogP contribution in [0.15, 0.2) is 75.8 Å². The van der Waals surface area contributed by atoms with Crippen LogP contribution in [0.3, 0.4) is 0 Å². The molecule has 4 rings (SSSR count). The van der Waals surface area contributed by atoms with E-state index in [0.29, 0.717) is 24.7 Å².